The summed E-state index contributed by atoms with van der Waals surface area (Å²) in [6.45, 7) is 0.518. The van der Waals surface area contributed by atoms with Gasteiger partial charge in [0.05, 0.1) is 6.42 Å². The summed E-state index contributed by atoms with van der Waals surface area (Å²) in [5.41, 5.74) is 3.28. The number of carbonyl (C=O) groups excluding carboxylic acids is 2. The van der Waals surface area contributed by atoms with Gasteiger partial charge in [-0.15, -0.1) is 0 Å². The van der Waals surface area contributed by atoms with Crippen molar-refractivity contribution in [3.05, 3.63) is 143 Å². The number of hydrogen-bond acceptors (Lipinski definition) is 2. The van der Waals surface area contributed by atoms with Gasteiger partial charge in [-0.1, -0.05) is 103 Å². The van der Waals surface area contributed by atoms with Crippen molar-refractivity contribution >= 4 is 11.8 Å². The molecule has 0 spiro atoms. The Balaban J connectivity index is 1.66. The zero-order chi connectivity index (χ0) is 24.5. The minimum atomic E-state index is -0.846. The Kier molecular flexibility index (Phi) is 8.02. The van der Waals surface area contributed by atoms with E-state index in [0.29, 0.717) is 12.1 Å². The first-order chi connectivity index (χ1) is 17.1. The number of carbonyl (C=O) groups is 2. The Morgan fingerprint density at radius 2 is 1.23 bits per heavy atom. The number of nitrogens with zero attached hydrogens (tertiary/aromatic N) is 1. The zero-order valence-electron chi connectivity index (χ0n) is 19.3. The lowest BCUT2D eigenvalue weighted by Crippen LogP contribution is -2.43. The molecule has 0 bridgehead atoms. The molecule has 1 N–H and O–H groups in total. The summed E-state index contributed by atoms with van der Waals surface area (Å²) in [6.07, 6.45) is 0.150. The van der Waals surface area contributed by atoms with Crippen LogP contribution >= 0.6 is 0 Å². The highest BCUT2D eigenvalue weighted by Crippen LogP contribution is 2.25. The Morgan fingerprint density at radius 1 is 0.686 bits per heavy atom. The van der Waals surface area contributed by atoms with Gasteiger partial charge < -0.3 is 10.2 Å². The summed E-state index contributed by atoms with van der Waals surface area (Å²) in [6, 6.07) is 33.5. The van der Waals surface area contributed by atoms with Crippen LogP contribution in [-0.2, 0) is 29.1 Å². The minimum absolute atomic E-state index is 0.150. The van der Waals surface area contributed by atoms with Crippen LogP contribution in [0.1, 0.15) is 28.3 Å². The Bertz CT molecular complexity index is 1230. The lowest BCUT2D eigenvalue weighted by atomic mass is 10.0. The van der Waals surface area contributed by atoms with Gasteiger partial charge in [-0.2, -0.15) is 0 Å². The van der Waals surface area contributed by atoms with Crippen molar-refractivity contribution in [3.63, 3.8) is 0 Å². The van der Waals surface area contributed by atoms with Crippen molar-refractivity contribution in [2.75, 3.05) is 0 Å². The monoisotopic (exact) mass is 466 g/mol. The maximum absolute atomic E-state index is 13.6. The number of benzene rings is 4. The van der Waals surface area contributed by atoms with Crippen LogP contribution in [0.3, 0.4) is 0 Å². The molecule has 0 aliphatic carbocycles. The van der Waals surface area contributed by atoms with Gasteiger partial charge in [-0.05, 0) is 34.4 Å². The first-order valence-electron chi connectivity index (χ1n) is 11.5. The van der Waals surface area contributed by atoms with E-state index in [4.69, 9.17) is 0 Å². The summed E-state index contributed by atoms with van der Waals surface area (Å²) in [7, 11) is 0. The largest absolute Gasteiger partial charge is 0.350 e. The van der Waals surface area contributed by atoms with Gasteiger partial charge in [-0.25, -0.2) is 4.39 Å². The molecule has 2 amide bonds. The Labute approximate surface area is 205 Å². The van der Waals surface area contributed by atoms with E-state index in [1.807, 2.05) is 91.0 Å². The first-order valence-corrected chi connectivity index (χ1v) is 11.5. The fourth-order valence-electron chi connectivity index (χ4n) is 3.97. The van der Waals surface area contributed by atoms with Crippen LogP contribution in [-0.4, -0.2) is 16.7 Å². The van der Waals surface area contributed by atoms with Crippen molar-refractivity contribution in [2.45, 2.75) is 25.6 Å². The van der Waals surface area contributed by atoms with Crippen LogP contribution in [0.25, 0.3) is 0 Å². The van der Waals surface area contributed by atoms with E-state index in [1.165, 1.54) is 12.1 Å². The van der Waals surface area contributed by atoms with Crippen LogP contribution < -0.4 is 5.32 Å². The highest BCUT2D eigenvalue weighted by molar-refractivity contribution is 5.89. The molecule has 4 rings (SSSR count). The molecule has 1 atom stereocenters. The van der Waals surface area contributed by atoms with Gasteiger partial charge >= 0.3 is 0 Å². The van der Waals surface area contributed by atoms with Gasteiger partial charge in [0.1, 0.15) is 11.9 Å². The molecule has 0 radical (unpaired) electrons. The molecule has 5 heteroatoms. The Morgan fingerprint density at radius 3 is 1.83 bits per heavy atom. The summed E-state index contributed by atoms with van der Waals surface area (Å²) in [5, 5.41) is 3.00. The third-order valence-corrected chi connectivity index (χ3v) is 5.77. The minimum Gasteiger partial charge on any atom is -0.350 e. The molecule has 0 fully saturated rings. The average molecular weight is 467 g/mol. The smallest absolute Gasteiger partial charge is 0.247 e. The fraction of sp³-hybridized carbons (Fsp3) is 0.133. The molecule has 0 aliphatic rings. The summed E-state index contributed by atoms with van der Waals surface area (Å²) >= 11 is 0. The van der Waals surface area contributed by atoms with Crippen LogP contribution in [0.4, 0.5) is 4.39 Å². The highest BCUT2D eigenvalue weighted by Gasteiger charge is 2.31. The molecule has 4 aromatic carbocycles. The van der Waals surface area contributed by atoms with E-state index in [9.17, 15) is 14.0 Å². The van der Waals surface area contributed by atoms with Crippen molar-refractivity contribution in [3.8, 4) is 0 Å². The second kappa shape index (κ2) is 11.7. The molecule has 0 heterocycles. The molecule has 0 aromatic heterocycles. The number of nitrogens with one attached hydrogen (secondary N) is 1. The quantitative estimate of drug-likeness (QED) is 0.356. The van der Waals surface area contributed by atoms with Crippen LogP contribution in [0.15, 0.2) is 115 Å². The van der Waals surface area contributed by atoms with Gasteiger partial charge in [0.25, 0.3) is 0 Å². The fourth-order valence-corrected chi connectivity index (χ4v) is 3.97. The normalized spacial score (nSPS) is 11.5. The summed E-state index contributed by atoms with van der Waals surface area (Å²) in [5.74, 6) is -0.816. The van der Waals surface area contributed by atoms with E-state index >= 15 is 0 Å². The lowest BCUT2D eigenvalue weighted by molar-refractivity contribution is -0.141. The van der Waals surface area contributed by atoms with Gasteiger partial charge in [0.15, 0.2) is 0 Å². The van der Waals surface area contributed by atoms with Crippen molar-refractivity contribution < 1.29 is 14.0 Å². The van der Waals surface area contributed by atoms with Crippen molar-refractivity contribution in [1.82, 2.24) is 10.2 Å². The SMILES string of the molecule is O=C(NCc1ccccc1)[C@H](c1ccccc1)N(Cc1ccc(F)cc1)C(=O)Cc1ccccc1. The van der Waals surface area contributed by atoms with Crippen molar-refractivity contribution in [2.24, 2.45) is 0 Å². The summed E-state index contributed by atoms with van der Waals surface area (Å²) in [4.78, 5) is 28.8. The number of hydrogen-bond donors (Lipinski definition) is 1. The third kappa shape index (κ3) is 6.64. The van der Waals surface area contributed by atoms with Gasteiger partial charge in [0, 0.05) is 13.1 Å². The molecule has 0 saturated heterocycles. The number of amides is 2. The molecule has 35 heavy (non-hydrogen) atoms. The lowest BCUT2D eigenvalue weighted by Gasteiger charge is -2.32. The molecular formula is C30H27FN2O2. The average Bonchev–Trinajstić information content (AvgIpc) is 2.90. The summed E-state index contributed by atoms with van der Waals surface area (Å²) < 4.78 is 13.5. The molecule has 0 saturated carbocycles. The molecular weight excluding hydrogens is 439 g/mol. The molecule has 4 nitrogen and oxygen atoms in total. The first kappa shape index (κ1) is 23.9. The molecule has 4 aromatic rings. The zero-order valence-corrected chi connectivity index (χ0v) is 19.3. The van der Waals surface area contributed by atoms with Gasteiger partial charge in [0.2, 0.25) is 11.8 Å². The van der Waals surface area contributed by atoms with E-state index < -0.39 is 6.04 Å². The van der Waals surface area contributed by atoms with E-state index in [0.717, 1.165) is 16.7 Å². The van der Waals surface area contributed by atoms with E-state index in [2.05, 4.69) is 5.32 Å². The van der Waals surface area contributed by atoms with Crippen LogP contribution in [0, 0.1) is 5.82 Å². The number of rotatable bonds is 9. The van der Waals surface area contributed by atoms with Gasteiger partial charge in [-0.3, -0.25) is 9.59 Å². The predicted octanol–water partition coefficient (Wildman–Crippen LogP) is 5.45. The molecule has 176 valence electrons. The topological polar surface area (TPSA) is 49.4 Å². The highest BCUT2D eigenvalue weighted by atomic mass is 19.1. The molecule has 0 unspecified atom stereocenters. The van der Waals surface area contributed by atoms with Crippen molar-refractivity contribution in [1.29, 1.82) is 0 Å². The Hall–Kier alpha value is -4.25. The van der Waals surface area contributed by atoms with Crippen LogP contribution in [0.5, 0.6) is 0 Å². The second-order valence-corrected chi connectivity index (χ2v) is 8.33. The maximum Gasteiger partial charge on any atom is 0.247 e. The second-order valence-electron chi connectivity index (χ2n) is 8.33. The predicted molar refractivity (Wildman–Crippen MR) is 135 cm³/mol. The van der Waals surface area contributed by atoms with E-state index in [1.54, 1.807) is 17.0 Å². The third-order valence-electron chi connectivity index (χ3n) is 5.77. The van der Waals surface area contributed by atoms with Crippen LogP contribution in [0.2, 0.25) is 0 Å². The number of halogens is 1. The maximum atomic E-state index is 13.6. The van der Waals surface area contributed by atoms with E-state index in [-0.39, 0.29) is 30.6 Å². The molecule has 0 aliphatic heterocycles. The standard InChI is InChI=1S/C30H27FN2O2/c31-27-18-16-25(17-19-27)22-33(28(34)20-23-10-4-1-5-11-23)29(26-14-8-3-9-15-26)30(35)32-21-24-12-6-2-7-13-24/h1-19,29H,20-22H2,(H,32,35)/t29-/m0/s1.